The van der Waals surface area contributed by atoms with Crippen LogP contribution < -0.4 is 5.32 Å². The van der Waals surface area contributed by atoms with Gasteiger partial charge in [-0.05, 0) is 37.3 Å². The molecule has 1 amide bonds. The summed E-state index contributed by atoms with van der Waals surface area (Å²) >= 11 is 1.57. The van der Waals surface area contributed by atoms with Gasteiger partial charge in [-0.2, -0.15) is 0 Å². The van der Waals surface area contributed by atoms with Gasteiger partial charge in [0.05, 0.1) is 16.2 Å². The van der Waals surface area contributed by atoms with E-state index in [-0.39, 0.29) is 23.0 Å². The van der Waals surface area contributed by atoms with E-state index in [1.54, 1.807) is 11.3 Å². The number of fused-ring (bicyclic) bond motifs is 1. The molecule has 1 aliphatic rings. The highest BCUT2D eigenvalue weighted by molar-refractivity contribution is 7.10. The smallest absolute Gasteiger partial charge is 0.271 e. The van der Waals surface area contributed by atoms with E-state index in [2.05, 4.69) is 5.32 Å². The quantitative estimate of drug-likeness (QED) is 0.514. The lowest BCUT2D eigenvalue weighted by Gasteiger charge is -2.13. The summed E-state index contributed by atoms with van der Waals surface area (Å²) in [6, 6.07) is 3.56. The molecule has 0 fully saturated rings. The summed E-state index contributed by atoms with van der Waals surface area (Å²) in [5, 5.41) is 24.9. The molecule has 3 rings (SSSR count). The summed E-state index contributed by atoms with van der Waals surface area (Å²) in [5.74, 6) is -0.529. The average molecular weight is 318 g/mol. The van der Waals surface area contributed by atoms with Crippen LogP contribution >= 0.6 is 11.3 Å². The van der Waals surface area contributed by atoms with Crippen LogP contribution in [0.2, 0.25) is 0 Å². The van der Waals surface area contributed by atoms with Crippen molar-refractivity contribution in [3.63, 3.8) is 0 Å². The molecule has 0 spiro atoms. The highest BCUT2D eigenvalue weighted by Gasteiger charge is 2.21. The number of carbonyl (C=O) groups is 1. The number of phenolic OH excluding ortho intramolecular Hbond substituents is 1. The van der Waals surface area contributed by atoms with Gasteiger partial charge >= 0.3 is 0 Å². The van der Waals surface area contributed by atoms with Crippen molar-refractivity contribution >= 4 is 28.6 Å². The van der Waals surface area contributed by atoms with E-state index in [4.69, 9.17) is 0 Å². The third-order valence-corrected chi connectivity index (χ3v) is 4.83. The van der Waals surface area contributed by atoms with Crippen molar-refractivity contribution < 1.29 is 14.8 Å². The van der Waals surface area contributed by atoms with Gasteiger partial charge in [0.25, 0.3) is 11.6 Å². The van der Waals surface area contributed by atoms with Crippen LogP contribution in [0, 0.1) is 10.1 Å². The molecule has 0 aliphatic heterocycles. The molecule has 0 bridgehead atoms. The maximum Gasteiger partial charge on any atom is 0.271 e. The number of nitrogens with zero attached hydrogens (tertiary/aromatic N) is 1. The summed E-state index contributed by atoms with van der Waals surface area (Å²) < 4.78 is 0. The number of non-ortho nitro benzene ring substituents is 1. The zero-order chi connectivity index (χ0) is 15.7. The molecule has 114 valence electrons. The molecular weight excluding hydrogens is 304 g/mol. The van der Waals surface area contributed by atoms with E-state index in [0.717, 1.165) is 37.3 Å². The van der Waals surface area contributed by atoms with Gasteiger partial charge in [0.1, 0.15) is 5.75 Å². The second-order valence-electron chi connectivity index (χ2n) is 5.17. The minimum atomic E-state index is -0.568. The van der Waals surface area contributed by atoms with Gasteiger partial charge in [-0.1, -0.05) is 0 Å². The van der Waals surface area contributed by atoms with Crippen LogP contribution in [0.15, 0.2) is 23.6 Å². The van der Waals surface area contributed by atoms with Crippen molar-refractivity contribution in [2.45, 2.75) is 25.7 Å². The zero-order valence-corrected chi connectivity index (χ0v) is 12.5. The fraction of sp³-hybridized carbons (Fsp3) is 0.267. The van der Waals surface area contributed by atoms with Gasteiger partial charge in [0.2, 0.25) is 0 Å². The van der Waals surface area contributed by atoms with Gasteiger partial charge in [-0.3, -0.25) is 14.9 Å². The molecule has 0 unspecified atom stereocenters. The number of amides is 1. The van der Waals surface area contributed by atoms with Crippen molar-refractivity contribution in [3.8, 4) is 5.75 Å². The van der Waals surface area contributed by atoms with Crippen molar-refractivity contribution in [3.05, 3.63) is 49.7 Å². The lowest BCUT2D eigenvalue weighted by Crippen LogP contribution is -2.14. The Kier molecular flexibility index (Phi) is 3.81. The van der Waals surface area contributed by atoms with E-state index in [1.165, 1.54) is 17.0 Å². The van der Waals surface area contributed by atoms with E-state index in [1.807, 2.05) is 5.38 Å². The summed E-state index contributed by atoms with van der Waals surface area (Å²) in [7, 11) is 0. The predicted molar refractivity (Wildman–Crippen MR) is 83.7 cm³/mol. The number of anilines is 1. The van der Waals surface area contributed by atoms with Crippen LogP contribution in [0.25, 0.3) is 0 Å². The fourth-order valence-electron chi connectivity index (χ4n) is 2.61. The Hall–Kier alpha value is -2.41. The largest absolute Gasteiger partial charge is 0.506 e. The Morgan fingerprint density at radius 2 is 2.09 bits per heavy atom. The van der Waals surface area contributed by atoms with Crippen LogP contribution in [0.5, 0.6) is 5.75 Å². The first-order valence-electron chi connectivity index (χ1n) is 6.94. The minimum Gasteiger partial charge on any atom is -0.506 e. The molecule has 22 heavy (non-hydrogen) atoms. The number of nitro benzene ring substituents is 1. The number of nitrogens with one attached hydrogen (secondary N) is 1. The Balaban J connectivity index is 1.87. The molecule has 1 heterocycles. The van der Waals surface area contributed by atoms with Crippen molar-refractivity contribution in [1.29, 1.82) is 0 Å². The summed E-state index contributed by atoms with van der Waals surface area (Å²) in [4.78, 5) is 23.8. The molecule has 7 heteroatoms. The molecule has 0 saturated heterocycles. The SMILES string of the molecule is O=C(Nc1cc([N+](=O)[O-])ccc1O)c1csc2c1CCCC2. The molecule has 0 atom stereocenters. The van der Waals surface area contributed by atoms with Gasteiger partial charge in [-0.25, -0.2) is 0 Å². The number of nitro groups is 1. The van der Waals surface area contributed by atoms with E-state index in [9.17, 15) is 20.0 Å². The number of phenols is 1. The molecule has 1 aromatic carbocycles. The van der Waals surface area contributed by atoms with Crippen LogP contribution in [-0.4, -0.2) is 15.9 Å². The summed E-state index contributed by atoms with van der Waals surface area (Å²) in [6.07, 6.45) is 4.07. The predicted octanol–water partition coefficient (Wildman–Crippen LogP) is 3.49. The summed E-state index contributed by atoms with van der Waals surface area (Å²) in [5.41, 5.74) is 1.54. The van der Waals surface area contributed by atoms with Crippen LogP contribution in [-0.2, 0) is 12.8 Å². The number of thiophene rings is 1. The monoisotopic (exact) mass is 318 g/mol. The first-order chi connectivity index (χ1) is 10.6. The van der Waals surface area contributed by atoms with Gasteiger partial charge < -0.3 is 10.4 Å². The maximum absolute atomic E-state index is 12.4. The number of rotatable bonds is 3. The van der Waals surface area contributed by atoms with Crippen LogP contribution in [0.4, 0.5) is 11.4 Å². The Morgan fingerprint density at radius 1 is 1.32 bits per heavy atom. The van der Waals surface area contributed by atoms with E-state index < -0.39 is 4.92 Å². The molecule has 0 radical (unpaired) electrons. The zero-order valence-electron chi connectivity index (χ0n) is 11.7. The van der Waals surface area contributed by atoms with E-state index >= 15 is 0 Å². The second-order valence-corrected chi connectivity index (χ2v) is 6.14. The molecule has 2 aromatic rings. The first kappa shape index (κ1) is 14.5. The summed E-state index contributed by atoms with van der Waals surface area (Å²) in [6.45, 7) is 0. The van der Waals surface area contributed by atoms with Crippen molar-refractivity contribution in [2.75, 3.05) is 5.32 Å². The van der Waals surface area contributed by atoms with Crippen LogP contribution in [0.1, 0.15) is 33.6 Å². The first-order valence-corrected chi connectivity index (χ1v) is 7.82. The highest BCUT2D eigenvalue weighted by atomic mass is 32.1. The minimum absolute atomic E-state index is 0.0509. The number of benzene rings is 1. The number of hydrogen-bond donors (Lipinski definition) is 2. The van der Waals surface area contributed by atoms with Gasteiger partial charge in [-0.15, -0.1) is 11.3 Å². The average Bonchev–Trinajstić information content (AvgIpc) is 2.93. The lowest BCUT2D eigenvalue weighted by molar-refractivity contribution is -0.384. The third-order valence-electron chi connectivity index (χ3n) is 3.75. The standard InChI is InChI=1S/C15H14N2O4S/c18-13-6-5-9(17(20)21)7-12(13)16-15(19)11-8-22-14-4-2-1-3-10(11)14/h5-8,18H,1-4H2,(H,16,19). The van der Waals surface area contributed by atoms with Gasteiger partial charge in [0, 0.05) is 22.4 Å². The molecule has 6 nitrogen and oxygen atoms in total. The number of aryl methyl sites for hydroxylation is 1. The Labute approximate surface area is 130 Å². The number of hydrogen-bond acceptors (Lipinski definition) is 5. The molecule has 1 aliphatic carbocycles. The molecule has 1 aromatic heterocycles. The van der Waals surface area contributed by atoms with Crippen molar-refractivity contribution in [2.24, 2.45) is 0 Å². The highest BCUT2D eigenvalue weighted by Crippen LogP contribution is 2.32. The molecular formula is C15H14N2O4S. The van der Waals surface area contributed by atoms with E-state index in [0.29, 0.717) is 5.56 Å². The number of aromatic hydroxyl groups is 1. The molecule has 0 saturated carbocycles. The van der Waals surface area contributed by atoms with Crippen molar-refractivity contribution in [1.82, 2.24) is 0 Å². The van der Waals surface area contributed by atoms with Crippen LogP contribution in [0.3, 0.4) is 0 Å². The lowest BCUT2D eigenvalue weighted by atomic mass is 9.95. The fourth-order valence-corrected chi connectivity index (χ4v) is 3.74. The third kappa shape index (κ3) is 2.67. The molecule has 2 N–H and O–H groups in total. The number of carbonyl (C=O) groups excluding carboxylic acids is 1. The maximum atomic E-state index is 12.4. The topological polar surface area (TPSA) is 92.5 Å². The Bertz CT molecular complexity index is 754. The van der Waals surface area contributed by atoms with Gasteiger partial charge in [0.15, 0.2) is 0 Å². The normalized spacial score (nSPS) is 13.5. The Morgan fingerprint density at radius 3 is 2.86 bits per heavy atom. The second kappa shape index (κ2) is 5.76.